The van der Waals surface area contributed by atoms with Gasteiger partial charge in [0.1, 0.15) is 0 Å². The van der Waals surface area contributed by atoms with Crippen LogP contribution < -0.4 is 0 Å². The molecule has 6 heteroatoms. The summed E-state index contributed by atoms with van der Waals surface area (Å²) in [5.41, 5.74) is 0. The molecule has 1 unspecified atom stereocenters. The van der Waals surface area contributed by atoms with Gasteiger partial charge in [0.25, 0.3) is 5.90 Å². The summed E-state index contributed by atoms with van der Waals surface area (Å²) in [7, 11) is 0. The maximum atomic E-state index is 10.5. The van der Waals surface area contributed by atoms with E-state index in [2.05, 4.69) is 19.5 Å². The molecule has 2 aliphatic rings. The maximum Gasteiger partial charge on any atom is 0.424 e. The SMILES string of the molecule is O=C1OC2=NOCC2OC1=O. The molecular formula is C5H3NO5. The molecular weight excluding hydrogens is 154 g/mol. The van der Waals surface area contributed by atoms with Gasteiger partial charge in [-0.3, -0.25) is 0 Å². The van der Waals surface area contributed by atoms with Gasteiger partial charge in [-0.1, -0.05) is 0 Å². The Labute approximate surface area is 60.7 Å². The first-order valence-corrected chi connectivity index (χ1v) is 2.90. The summed E-state index contributed by atoms with van der Waals surface area (Å²) in [5, 5.41) is 3.34. The number of fused-ring (bicyclic) bond motifs is 1. The van der Waals surface area contributed by atoms with Crippen LogP contribution in [0.3, 0.4) is 0 Å². The zero-order chi connectivity index (χ0) is 7.84. The minimum absolute atomic E-state index is 0.0228. The second-order valence-electron chi connectivity index (χ2n) is 2.01. The van der Waals surface area contributed by atoms with E-state index in [0.29, 0.717) is 0 Å². The van der Waals surface area contributed by atoms with Crippen LogP contribution in [-0.2, 0) is 23.9 Å². The Hall–Kier alpha value is -1.59. The highest BCUT2D eigenvalue weighted by atomic mass is 16.7. The van der Waals surface area contributed by atoms with Crippen LogP contribution in [0.15, 0.2) is 5.16 Å². The Morgan fingerprint density at radius 1 is 1.36 bits per heavy atom. The lowest BCUT2D eigenvalue weighted by Crippen LogP contribution is -2.40. The fraction of sp³-hybridized carbons (Fsp3) is 0.400. The third-order valence-corrected chi connectivity index (χ3v) is 1.27. The van der Waals surface area contributed by atoms with Crippen LogP contribution in [0.4, 0.5) is 0 Å². The van der Waals surface area contributed by atoms with Gasteiger partial charge >= 0.3 is 11.9 Å². The van der Waals surface area contributed by atoms with Gasteiger partial charge in [0.15, 0.2) is 6.61 Å². The molecule has 6 nitrogen and oxygen atoms in total. The summed E-state index contributed by atoms with van der Waals surface area (Å²) < 4.78 is 8.99. The summed E-state index contributed by atoms with van der Waals surface area (Å²) in [4.78, 5) is 25.6. The molecule has 2 aliphatic heterocycles. The zero-order valence-corrected chi connectivity index (χ0v) is 5.27. The fourth-order valence-corrected chi connectivity index (χ4v) is 0.781. The minimum atomic E-state index is -1.05. The molecule has 0 bridgehead atoms. The molecule has 2 heterocycles. The number of rotatable bonds is 0. The number of oxime groups is 1. The van der Waals surface area contributed by atoms with Gasteiger partial charge in [0.05, 0.1) is 0 Å². The molecule has 1 atom stereocenters. The maximum absolute atomic E-state index is 10.5. The molecule has 0 saturated carbocycles. The molecule has 0 aromatic carbocycles. The van der Waals surface area contributed by atoms with Gasteiger partial charge in [0, 0.05) is 0 Å². The molecule has 0 aromatic rings. The first kappa shape index (κ1) is 6.14. The Morgan fingerprint density at radius 3 is 3.00 bits per heavy atom. The summed E-state index contributed by atoms with van der Waals surface area (Å²) in [5.74, 6) is -2.03. The third kappa shape index (κ3) is 0.830. The fourth-order valence-electron chi connectivity index (χ4n) is 0.781. The molecule has 2 rings (SSSR count). The molecule has 0 aliphatic carbocycles. The average Bonchev–Trinajstić information content (AvgIpc) is 2.36. The Morgan fingerprint density at radius 2 is 2.18 bits per heavy atom. The standard InChI is InChI=1S/C5H3NO5/c7-4-5(8)11-3-2(10-4)1-9-6-3/h2H,1H2. The van der Waals surface area contributed by atoms with E-state index in [1.165, 1.54) is 0 Å². The van der Waals surface area contributed by atoms with Crippen LogP contribution in [0.1, 0.15) is 0 Å². The lowest BCUT2D eigenvalue weighted by Gasteiger charge is -2.15. The lowest BCUT2D eigenvalue weighted by atomic mass is 10.3. The van der Waals surface area contributed by atoms with Gasteiger partial charge < -0.3 is 14.3 Å². The molecule has 0 spiro atoms. The number of nitrogens with zero attached hydrogens (tertiary/aromatic N) is 1. The van der Waals surface area contributed by atoms with E-state index >= 15 is 0 Å². The van der Waals surface area contributed by atoms with Crippen molar-refractivity contribution in [2.45, 2.75) is 6.10 Å². The Kier molecular flexibility index (Phi) is 1.09. The van der Waals surface area contributed by atoms with Gasteiger partial charge in [0.2, 0.25) is 6.10 Å². The second kappa shape index (κ2) is 1.94. The van der Waals surface area contributed by atoms with Crippen molar-refractivity contribution in [2.24, 2.45) is 5.16 Å². The summed E-state index contributed by atoms with van der Waals surface area (Å²) in [6.45, 7) is 0.119. The molecule has 0 amide bonds. The first-order chi connectivity index (χ1) is 5.27. The van der Waals surface area contributed by atoms with Gasteiger partial charge in [-0.25, -0.2) is 9.59 Å². The van der Waals surface area contributed by atoms with Crippen molar-refractivity contribution in [1.29, 1.82) is 0 Å². The van der Waals surface area contributed by atoms with E-state index in [0.717, 1.165) is 0 Å². The van der Waals surface area contributed by atoms with Crippen LogP contribution in [0, 0.1) is 0 Å². The highest BCUT2D eigenvalue weighted by Crippen LogP contribution is 2.12. The van der Waals surface area contributed by atoms with Crippen LogP contribution in [0.2, 0.25) is 0 Å². The first-order valence-electron chi connectivity index (χ1n) is 2.90. The lowest BCUT2D eigenvalue weighted by molar-refractivity contribution is -0.170. The van der Waals surface area contributed by atoms with Crippen molar-refractivity contribution in [3.8, 4) is 0 Å². The molecule has 1 fully saturated rings. The number of ether oxygens (including phenoxy) is 2. The van der Waals surface area contributed by atoms with E-state index in [9.17, 15) is 9.59 Å². The molecule has 11 heavy (non-hydrogen) atoms. The van der Waals surface area contributed by atoms with E-state index < -0.39 is 18.0 Å². The number of carbonyl (C=O) groups excluding carboxylic acids is 2. The van der Waals surface area contributed by atoms with Crippen LogP contribution in [0.25, 0.3) is 0 Å². The molecule has 0 N–H and O–H groups in total. The van der Waals surface area contributed by atoms with E-state index in [1.54, 1.807) is 0 Å². The quantitative estimate of drug-likeness (QED) is 0.326. The normalized spacial score (nSPS) is 28.0. The molecule has 1 saturated heterocycles. The molecule has 58 valence electrons. The largest absolute Gasteiger partial charge is 0.440 e. The zero-order valence-electron chi connectivity index (χ0n) is 5.27. The van der Waals surface area contributed by atoms with Crippen molar-refractivity contribution in [2.75, 3.05) is 6.61 Å². The number of esters is 2. The predicted molar refractivity (Wildman–Crippen MR) is 29.4 cm³/mol. The number of hydrogen-bond donors (Lipinski definition) is 0. The van der Waals surface area contributed by atoms with E-state index in [-0.39, 0.29) is 12.5 Å². The van der Waals surface area contributed by atoms with Gasteiger partial charge in [-0.05, 0) is 5.16 Å². The van der Waals surface area contributed by atoms with Crippen LogP contribution >= 0.6 is 0 Å². The van der Waals surface area contributed by atoms with E-state index in [4.69, 9.17) is 0 Å². The summed E-state index contributed by atoms with van der Waals surface area (Å²) in [6, 6.07) is 0. The average molecular weight is 157 g/mol. The Balaban J connectivity index is 2.22. The van der Waals surface area contributed by atoms with E-state index in [1.807, 2.05) is 0 Å². The van der Waals surface area contributed by atoms with Gasteiger partial charge in [-0.15, -0.1) is 0 Å². The smallest absolute Gasteiger partial charge is 0.424 e. The van der Waals surface area contributed by atoms with Crippen molar-refractivity contribution in [3.05, 3.63) is 0 Å². The number of carbonyl (C=O) groups is 2. The van der Waals surface area contributed by atoms with Crippen molar-refractivity contribution < 1.29 is 23.9 Å². The van der Waals surface area contributed by atoms with Crippen molar-refractivity contribution >= 4 is 17.8 Å². The summed E-state index contributed by atoms with van der Waals surface area (Å²) >= 11 is 0. The van der Waals surface area contributed by atoms with Gasteiger partial charge in [-0.2, -0.15) is 0 Å². The van der Waals surface area contributed by atoms with Crippen molar-refractivity contribution in [3.63, 3.8) is 0 Å². The van der Waals surface area contributed by atoms with Crippen LogP contribution in [-0.4, -0.2) is 30.5 Å². The highest BCUT2D eigenvalue weighted by molar-refractivity contribution is 6.33. The topological polar surface area (TPSA) is 74.2 Å². The highest BCUT2D eigenvalue weighted by Gasteiger charge is 2.39. The predicted octanol–water partition coefficient (Wildman–Crippen LogP) is -1.20. The monoisotopic (exact) mass is 157 g/mol. The third-order valence-electron chi connectivity index (χ3n) is 1.27. The Bertz CT molecular complexity index is 258. The number of hydrogen-bond acceptors (Lipinski definition) is 6. The summed E-state index contributed by atoms with van der Waals surface area (Å²) in [6.07, 6.45) is -0.639. The van der Waals surface area contributed by atoms with Crippen LogP contribution in [0.5, 0.6) is 0 Å². The molecule has 0 aromatic heterocycles. The molecule has 0 radical (unpaired) electrons. The second-order valence-corrected chi connectivity index (χ2v) is 2.01. The van der Waals surface area contributed by atoms with Crippen molar-refractivity contribution in [1.82, 2.24) is 0 Å². The minimum Gasteiger partial charge on any atom is -0.440 e.